The van der Waals surface area contributed by atoms with Crippen LogP contribution in [-0.2, 0) is 18.0 Å². The monoisotopic (exact) mass is 245 g/mol. The number of rotatable bonds is 3. The Morgan fingerprint density at radius 3 is 2.61 bits per heavy atom. The largest absolute Gasteiger partial charge is 0.372 e. The van der Waals surface area contributed by atoms with Crippen LogP contribution < -0.4 is 5.73 Å². The van der Waals surface area contributed by atoms with Crippen molar-refractivity contribution in [3.05, 3.63) is 34.9 Å². The fourth-order valence-corrected chi connectivity index (χ4v) is 3.97. The molecule has 1 fully saturated rings. The highest BCUT2D eigenvalue weighted by molar-refractivity contribution is 5.37. The molecule has 1 saturated carbocycles. The molecule has 2 atom stereocenters. The smallest absolute Gasteiger partial charge is 0.0725 e. The Bertz CT molecular complexity index is 450. The van der Waals surface area contributed by atoms with Crippen LogP contribution in [0.15, 0.2) is 18.2 Å². The highest BCUT2D eigenvalue weighted by Gasteiger charge is 2.51. The second-order valence-corrected chi connectivity index (χ2v) is 5.86. The molecule has 0 amide bonds. The summed E-state index contributed by atoms with van der Waals surface area (Å²) < 4.78 is 5.50. The molecule has 2 N–H and O–H groups in total. The lowest BCUT2D eigenvalue weighted by atomic mass is 9.52. The fourth-order valence-electron chi connectivity index (χ4n) is 3.97. The van der Waals surface area contributed by atoms with Crippen LogP contribution in [0.4, 0.5) is 0 Å². The summed E-state index contributed by atoms with van der Waals surface area (Å²) in [6.07, 6.45) is 3.51. The molecular weight excluding hydrogens is 222 g/mol. The standard InChI is InChI=1S/C16H23NO/c1-3-16(4-2)14(8-15(16)17)11-5-6-12-9-18-10-13(12)7-11/h5-7,14-15H,3-4,8-10,17H2,1-2H3. The summed E-state index contributed by atoms with van der Waals surface area (Å²) in [4.78, 5) is 0. The van der Waals surface area contributed by atoms with E-state index in [-0.39, 0.29) is 0 Å². The maximum absolute atomic E-state index is 6.29. The van der Waals surface area contributed by atoms with Gasteiger partial charge in [-0.3, -0.25) is 0 Å². The number of benzene rings is 1. The molecule has 1 aromatic rings. The maximum atomic E-state index is 6.29. The first-order valence-electron chi connectivity index (χ1n) is 7.16. The first kappa shape index (κ1) is 12.2. The van der Waals surface area contributed by atoms with Gasteiger partial charge in [-0.15, -0.1) is 0 Å². The summed E-state index contributed by atoms with van der Waals surface area (Å²) in [7, 11) is 0. The Morgan fingerprint density at radius 1 is 1.22 bits per heavy atom. The molecule has 2 nitrogen and oxygen atoms in total. The molecule has 0 radical (unpaired) electrons. The van der Waals surface area contributed by atoms with Crippen molar-refractivity contribution in [2.45, 2.75) is 58.3 Å². The van der Waals surface area contributed by atoms with E-state index in [4.69, 9.17) is 10.5 Å². The van der Waals surface area contributed by atoms with E-state index in [1.54, 1.807) is 0 Å². The lowest BCUT2D eigenvalue weighted by Crippen LogP contribution is -2.55. The van der Waals surface area contributed by atoms with Gasteiger partial charge in [0.05, 0.1) is 13.2 Å². The van der Waals surface area contributed by atoms with Crippen molar-refractivity contribution in [3.8, 4) is 0 Å². The summed E-state index contributed by atoms with van der Waals surface area (Å²) in [5, 5.41) is 0. The van der Waals surface area contributed by atoms with E-state index in [0.29, 0.717) is 17.4 Å². The second kappa shape index (κ2) is 4.36. The summed E-state index contributed by atoms with van der Waals surface area (Å²) in [5.74, 6) is 0.647. The quantitative estimate of drug-likeness (QED) is 0.886. The van der Waals surface area contributed by atoms with Gasteiger partial charge in [0.15, 0.2) is 0 Å². The van der Waals surface area contributed by atoms with Gasteiger partial charge in [0, 0.05) is 6.04 Å². The zero-order valence-electron chi connectivity index (χ0n) is 11.4. The Morgan fingerprint density at radius 2 is 1.94 bits per heavy atom. The highest BCUT2D eigenvalue weighted by Crippen LogP contribution is 2.56. The molecule has 0 bridgehead atoms. The predicted octanol–water partition coefficient (Wildman–Crippen LogP) is 3.34. The molecule has 1 aromatic carbocycles. The van der Waals surface area contributed by atoms with Crippen molar-refractivity contribution in [1.29, 1.82) is 0 Å². The number of hydrogen-bond acceptors (Lipinski definition) is 2. The molecule has 98 valence electrons. The van der Waals surface area contributed by atoms with Gasteiger partial charge in [0.25, 0.3) is 0 Å². The molecule has 1 aliphatic heterocycles. The lowest BCUT2D eigenvalue weighted by Gasteiger charge is -2.55. The van der Waals surface area contributed by atoms with Crippen LogP contribution in [0.2, 0.25) is 0 Å². The van der Waals surface area contributed by atoms with Crippen molar-refractivity contribution in [1.82, 2.24) is 0 Å². The number of fused-ring (bicyclic) bond motifs is 1. The summed E-state index contributed by atoms with van der Waals surface area (Å²) in [5.41, 5.74) is 10.8. The van der Waals surface area contributed by atoms with E-state index in [0.717, 1.165) is 19.6 Å². The van der Waals surface area contributed by atoms with Crippen LogP contribution in [0.25, 0.3) is 0 Å². The zero-order chi connectivity index (χ0) is 12.8. The van der Waals surface area contributed by atoms with Crippen LogP contribution in [0.5, 0.6) is 0 Å². The molecule has 0 spiro atoms. The minimum absolute atomic E-state index is 0.327. The molecular formula is C16H23NO. The third-order valence-corrected chi connectivity index (χ3v) is 5.39. The Kier molecular flexibility index (Phi) is 2.95. The zero-order valence-corrected chi connectivity index (χ0v) is 11.4. The van der Waals surface area contributed by atoms with Gasteiger partial charge in [-0.1, -0.05) is 32.0 Å². The van der Waals surface area contributed by atoms with E-state index in [1.165, 1.54) is 29.5 Å². The van der Waals surface area contributed by atoms with Gasteiger partial charge in [0.2, 0.25) is 0 Å². The van der Waals surface area contributed by atoms with E-state index in [9.17, 15) is 0 Å². The summed E-state index contributed by atoms with van der Waals surface area (Å²) in [6.45, 7) is 6.14. The van der Waals surface area contributed by atoms with Crippen molar-refractivity contribution in [2.24, 2.45) is 11.1 Å². The lowest BCUT2D eigenvalue weighted by molar-refractivity contribution is 0.0437. The molecule has 1 aliphatic carbocycles. The van der Waals surface area contributed by atoms with Gasteiger partial charge < -0.3 is 10.5 Å². The first-order valence-corrected chi connectivity index (χ1v) is 7.16. The maximum Gasteiger partial charge on any atom is 0.0725 e. The second-order valence-electron chi connectivity index (χ2n) is 5.86. The van der Waals surface area contributed by atoms with Gasteiger partial charge in [0.1, 0.15) is 0 Å². The Balaban J connectivity index is 1.92. The molecule has 2 unspecified atom stereocenters. The summed E-state index contributed by atoms with van der Waals surface area (Å²) >= 11 is 0. The number of nitrogens with two attached hydrogens (primary N) is 1. The normalized spacial score (nSPS) is 28.8. The minimum atomic E-state index is 0.327. The average Bonchev–Trinajstić information content (AvgIpc) is 2.84. The van der Waals surface area contributed by atoms with E-state index >= 15 is 0 Å². The van der Waals surface area contributed by atoms with Gasteiger partial charge >= 0.3 is 0 Å². The third kappa shape index (κ3) is 1.55. The van der Waals surface area contributed by atoms with Crippen LogP contribution in [-0.4, -0.2) is 6.04 Å². The van der Waals surface area contributed by atoms with Crippen molar-refractivity contribution in [2.75, 3.05) is 0 Å². The molecule has 3 rings (SSSR count). The predicted molar refractivity (Wildman–Crippen MR) is 73.3 cm³/mol. The van der Waals surface area contributed by atoms with Crippen LogP contribution >= 0.6 is 0 Å². The van der Waals surface area contributed by atoms with Crippen LogP contribution in [0, 0.1) is 5.41 Å². The molecule has 1 heterocycles. The molecule has 0 aromatic heterocycles. The molecule has 18 heavy (non-hydrogen) atoms. The van der Waals surface area contributed by atoms with Crippen molar-refractivity contribution < 1.29 is 4.74 Å². The topological polar surface area (TPSA) is 35.2 Å². The first-order chi connectivity index (χ1) is 8.71. The SMILES string of the molecule is CCC1(CC)C(N)CC1c1ccc2c(c1)COC2. The Labute approximate surface area is 110 Å². The fraction of sp³-hybridized carbons (Fsp3) is 0.625. The van der Waals surface area contributed by atoms with Gasteiger partial charge in [-0.05, 0) is 47.3 Å². The number of hydrogen-bond donors (Lipinski definition) is 1. The average molecular weight is 245 g/mol. The summed E-state index contributed by atoms with van der Waals surface area (Å²) in [6, 6.07) is 7.28. The highest BCUT2D eigenvalue weighted by atomic mass is 16.5. The minimum Gasteiger partial charge on any atom is -0.372 e. The molecule has 2 aliphatic rings. The van der Waals surface area contributed by atoms with Crippen molar-refractivity contribution >= 4 is 0 Å². The number of ether oxygens (including phenoxy) is 1. The third-order valence-electron chi connectivity index (χ3n) is 5.39. The van der Waals surface area contributed by atoms with Crippen LogP contribution in [0.3, 0.4) is 0 Å². The van der Waals surface area contributed by atoms with E-state index in [2.05, 4.69) is 32.0 Å². The molecule has 2 heteroatoms. The van der Waals surface area contributed by atoms with Crippen LogP contribution in [0.1, 0.15) is 55.7 Å². The Hall–Kier alpha value is -0.860. The van der Waals surface area contributed by atoms with Gasteiger partial charge in [-0.2, -0.15) is 0 Å². The van der Waals surface area contributed by atoms with E-state index in [1.807, 2.05) is 0 Å². The van der Waals surface area contributed by atoms with Crippen molar-refractivity contribution in [3.63, 3.8) is 0 Å². The van der Waals surface area contributed by atoms with E-state index < -0.39 is 0 Å². The van der Waals surface area contributed by atoms with Gasteiger partial charge in [-0.25, -0.2) is 0 Å². The molecule has 0 saturated heterocycles.